The molecule has 0 radical (unpaired) electrons. The van der Waals surface area contributed by atoms with Crippen molar-refractivity contribution in [3.8, 4) is 0 Å². The number of rotatable bonds is 10. The van der Waals surface area contributed by atoms with Gasteiger partial charge in [-0.15, -0.1) is 0 Å². The number of benzene rings is 1. The second-order valence-corrected chi connectivity index (χ2v) is 9.11. The lowest BCUT2D eigenvalue weighted by atomic mass is 10.2. The molecule has 0 bridgehead atoms. The van der Waals surface area contributed by atoms with Gasteiger partial charge in [0, 0.05) is 6.54 Å². The van der Waals surface area contributed by atoms with Crippen LogP contribution in [-0.2, 0) is 21.4 Å². The summed E-state index contributed by atoms with van der Waals surface area (Å²) in [5.74, 6) is 0.759. The minimum absolute atomic E-state index is 0.0509. The Kier molecular flexibility index (Phi) is 8.09. The van der Waals surface area contributed by atoms with Gasteiger partial charge < -0.3 is 9.15 Å². The van der Waals surface area contributed by atoms with Crippen LogP contribution in [0.1, 0.15) is 43.0 Å². The number of sulfonamides is 1. The molecule has 1 aliphatic rings. The Morgan fingerprint density at radius 3 is 2.46 bits per heavy atom. The monoisotopic (exact) mass is 406 g/mol. The van der Waals surface area contributed by atoms with Gasteiger partial charge in [-0.25, -0.2) is 13.1 Å². The number of furan rings is 1. The van der Waals surface area contributed by atoms with E-state index in [4.69, 9.17) is 9.15 Å². The first-order chi connectivity index (χ1) is 13.6. The Hall–Kier alpha value is -1.67. The molecule has 28 heavy (non-hydrogen) atoms. The predicted molar refractivity (Wildman–Crippen MR) is 109 cm³/mol. The molecule has 0 amide bonds. The van der Waals surface area contributed by atoms with Crippen LogP contribution < -0.4 is 4.72 Å². The normalized spacial score (nSPS) is 17.3. The minimum Gasteiger partial charge on any atom is -0.468 e. The maximum absolute atomic E-state index is 12.4. The molecule has 1 saturated heterocycles. The van der Waals surface area contributed by atoms with Gasteiger partial charge in [-0.3, -0.25) is 4.90 Å². The molecular formula is C21H30N2O4S. The van der Waals surface area contributed by atoms with Crippen LogP contribution in [0.5, 0.6) is 0 Å². The van der Waals surface area contributed by atoms with Crippen molar-refractivity contribution in [1.29, 1.82) is 0 Å². The lowest BCUT2D eigenvalue weighted by molar-refractivity contribution is 0.135. The first-order valence-electron chi connectivity index (χ1n) is 10.0. The van der Waals surface area contributed by atoms with E-state index in [1.165, 1.54) is 12.8 Å². The summed E-state index contributed by atoms with van der Waals surface area (Å²) in [6, 6.07) is 13.4. The highest BCUT2D eigenvalue weighted by Crippen LogP contribution is 2.24. The third-order valence-electron chi connectivity index (χ3n) is 5.06. The fraction of sp³-hybridized carbons (Fsp3) is 0.524. The first-order valence-corrected chi connectivity index (χ1v) is 11.7. The molecule has 1 atom stereocenters. The second-order valence-electron chi connectivity index (χ2n) is 7.19. The van der Waals surface area contributed by atoms with Crippen LogP contribution in [0.15, 0.2) is 53.1 Å². The molecule has 1 aromatic carbocycles. The Bertz CT molecular complexity index is 770. The van der Waals surface area contributed by atoms with Gasteiger partial charge in [0.25, 0.3) is 0 Å². The average Bonchev–Trinajstić information content (AvgIpc) is 3.09. The molecule has 2 aromatic rings. The summed E-state index contributed by atoms with van der Waals surface area (Å²) in [6.45, 7) is 2.83. The van der Waals surface area contributed by atoms with E-state index in [9.17, 15) is 8.42 Å². The van der Waals surface area contributed by atoms with Crippen molar-refractivity contribution in [2.75, 3.05) is 32.0 Å². The van der Waals surface area contributed by atoms with Crippen LogP contribution in [0.25, 0.3) is 0 Å². The van der Waals surface area contributed by atoms with Crippen molar-refractivity contribution in [2.24, 2.45) is 0 Å². The van der Waals surface area contributed by atoms with E-state index in [2.05, 4.69) is 9.62 Å². The van der Waals surface area contributed by atoms with Crippen molar-refractivity contribution in [3.05, 3.63) is 60.1 Å². The predicted octanol–water partition coefficient (Wildman–Crippen LogP) is 3.33. The fourth-order valence-electron chi connectivity index (χ4n) is 3.51. The summed E-state index contributed by atoms with van der Waals surface area (Å²) in [6.07, 6.45) is 6.37. The maximum atomic E-state index is 12.4. The summed E-state index contributed by atoms with van der Waals surface area (Å²) in [7, 11) is -3.41. The fourth-order valence-corrected chi connectivity index (χ4v) is 4.40. The molecule has 2 heterocycles. The summed E-state index contributed by atoms with van der Waals surface area (Å²) in [5.41, 5.74) is 1.03. The van der Waals surface area contributed by atoms with Gasteiger partial charge in [0.05, 0.1) is 31.3 Å². The molecule has 6 nitrogen and oxygen atoms in total. The highest BCUT2D eigenvalue weighted by molar-refractivity contribution is 7.89. The zero-order valence-electron chi connectivity index (χ0n) is 16.3. The Morgan fingerprint density at radius 2 is 1.79 bits per heavy atom. The number of hydrogen-bond donors (Lipinski definition) is 1. The van der Waals surface area contributed by atoms with Gasteiger partial charge in [0.15, 0.2) is 0 Å². The smallest absolute Gasteiger partial charge is 0.213 e. The van der Waals surface area contributed by atoms with Crippen molar-refractivity contribution >= 4 is 10.0 Å². The van der Waals surface area contributed by atoms with E-state index < -0.39 is 10.0 Å². The molecule has 1 aliphatic heterocycles. The summed E-state index contributed by atoms with van der Waals surface area (Å²) in [5, 5.41) is 0. The number of likely N-dealkylation sites (tertiary alicyclic amines) is 1. The van der Waals surface area contributed by atoms with E-state index >= 15 is 0 Å². The number of ether oxygens (including phenoxy) is 1. The SMILES string of the molecule is O=S(=O)(CCOCc1ccccc1)NCC(c1ccco1)N1CCCCCC1. The molecular weight excluding hydrogens is 376 g/mol. The molecule has 1 N–H and O–H groups in total. The van der Waals surface area contributed by atoms with Crippen LogP contribution in [0.4, 0.5) is 0 Å². The van der Waals surface area contributed by atoms with Crippen molar-refractivity contribution in [3.63, 3.8) is 0 Å². The minimum atomic E-state index is -3.41. The lowest BCUT2D eigenvalue weighted by Gasteiger charge is -2.29. The quantitative estimate of drug-likeness (QED) is 0.613. The highest BCUT2D eigenvalue weighted by Gasteiger charge is 2.25. The van der Waals surface area contributed by atoms with Gasteiger partial charge >= 0.3 is 0 Å². The molecule has 0 spiro atoms. The van der Waals surface area contributed by atoms with Crippen molar-refractivity contribution in [1.82, 2.24) is 9.62 Å². The second kappa shape index (κ2) is 10.8. The lowest BCUT2D eigenvalue weighted by Crippen LogP contribution is -2.39. The van der Waals surface area contributed by atoms with Crippen LogP contribution in [0.3, 0.4) is 0 Å². The van der Waals surface area contributed by atoms with Crippen molar-refractivity contribution in [2.45, 2.75) is 38.3 Å². The highest BCUT2D eigenvalue weighted by atomic mass is 32.2. The molecule has 3 rings (SSSR count). The topological polar surface area (TPSA) is 71.8 Å². The van der Waals surface area contributed by atoms with E-state index in [0.717, 1.165) is 37.3 Å². The van der Waals surface area contributed by atoms with Crippen LogP contribution in [0, 0.1) is 0 Å². The van der Waals surface area contributed by atoms with Crippen LogP contribution in [-0.4, -0.2) is 45.3 Å². The first kappa shape index (κ1) is 21.0. The van der Waals surface area contributed by atoms with Gasteiger partial charge in [-0.05, 0) is 43.6 Å². The standard InChI is InChI=1S/C21H30N2O4S/c24-28(25,16-15-26-18-19-9-4-3-5-10-19)22-17-20(21-11-8-14-27-21)23-12-6-1-2-7-13-23/h3-5,8-11,14,20,22H,1-2,6-7,12-13,15-18H2. The largest absolute Gasteiger partial charge is 0.468 e. The van der Waals surface area contributed by atoms with Crippen LogP contribution in [0.2, 0.25) is 0 Å². The van der Waals surface area contributed by atoms with E-state index in [0.29, 0.717) is 13.2 Å². The zero-order chi connectivity index (χ0) is 19.7. The third-order valence-corrected chi connectivity index (χ3v) is 6.37. The van der Waals surface area contributed by atoms with Gasteiger partial charge in [0.1, 0.15) is 5.76 Å². The summed E-state index contributed by atoms with van der Waals surface area (Å²) < 4.78 is 38.7. The maximum Gasteiger partial charge on any atom is 0.213 e. The van der Waals surface area contributed by atoms with E-state index in [1.807, 2.05) is 42.5 Å². The third kappa shape index (κ3) is 6.74. The van der Waals surface area contributed by atoms with E-state index in [1.54, 1.807) is 6.26 Å². The number of hydrogen-bond acceptors (Lipinski definition) is 5. The van der Waals surface area contributed by atoms with Gasteiger partial charge in [-0.2, -0.15) is 0 Å². The molecule has 0 aliphatic carbocycles. The number of nitrogens with zero attached hydrogens (tertiary/aromatic N) is 1. The molecule has 1 unspecified atom stereocenters. The van der Waals surface area contributed by atoms with Gasteiger partial charge in [-0.1, -0.05) is 43.2 Å². The average molecular weight is 407 g/mol. The Morgan fingerprint density at radius 1 is 1.04 bits per heavy atom. The Balaban J connectivity index is 1.49. The molecule has 1 fully saturated rings. The number of nitrogens with one attached hydrogen (secondary N) is 1. The molecule has 0 saturated carbocycles. The van der Waals surface area contributed by atoms with Crippen molar-refractivity contribution < 1.29 is 17.6 Å². The van der Waals surface area contributed by atoms with Crippen LogP contribution >= 0.6 is 0 Å². The Labute approximate surface area is 167 Å². The zero-order valence-corrected chi connectivity index (χ0v) is 17.1. The summed E-state index contributed by atoms with van der Waals surface area (Å²) >= 11 is 0. The summed E-state index contributed by atoms with van der Waals surface area (Å²) in [4.78, 5) is 2.33. The molecule has 7 heteroatoms. The molecule has 1 aromatic heterocycles. The van der Waals surface area contributed by atoms with E-state index in [-0.39, 0.29) is 18.4 Å². The van der Waals surface area contributed by atoms with Gasteiger partial charge in [0.2, 0.25) is 10.0 Å². The molecule has 154 valence electrons.